The van der Waals surface area contributed by atoms with E-state index in [4.69, 9.17) is 0 Å². The number of hydrogen-bond donors (Lipinski definition) is 0. The van der Waals surface area contributed by atoms with Gasteiger partial charge in [0.2, 0.25) is 0 Å². The Bertz CT molecular complexity index is 3030. The van der Waals surface area contributed by atoms with Gasteiger partial charge in [0.15, 0.2) is 0 Å². The molecule has 8 aromatic carbocycles. The molecular weight excluding hydrogens is 643 g/mol. The average Bonchev–Trinajstić information content (AvgIpc) is 3.57. The lowest BCUT2D eigenvalue weighted by atomic mass is 9.84. The summed E-state index contributed by atoms with van der Waals surface area (Å²) in [5, 5.41) is 10.1. The first-order valence-electron chi connectivity index (χ1n) is 18.0. The fraction of sp³-hybridized carbons (Fsp3) is 0. The van der Waals surface area contributed by atoms with Crippen LogP contribution < -0.4 is 0 Å². The third kappa shape index (κ3) is 4.68. The van der Waals surface area contributed by atoms with Crippen LogP contribution in [-0.2, 0) is 0 Å². The Balaban J connectivity index is 1.21. The molecule has 0 unspecified atom stereocenters. The number of rotatable bonds is 5. The van der Waals surface area contributed by atoms with Crippen molar-refractivity contribution in [1.82, 2.24) is 14.5 Å². The first-order chi connectivity index (χ1) is 26.3. The maximum absolute atomic E-state index is 4.31. The highest BCUT2D eigenvalue weighted by molar-refractivity contribution is 6.28. The van der Waals surface area contributed by atoms with Crippen molar-refractivity contribution in [2.45, 2.75) is 0 Å². The van der Waals surface area contributed by atoms with Crippen molar-refractivity contribution in [2.24, 2.45) is 0 Å². The van der Waals surface area contributed by atoms with Crippen LogP contribution in [0.2, 0.25) is 0 Å². The fourth-order valence-corrected chi connectivity index (χ4v) is 8.53. The van der Waals surface area contributed by atoms with Crippen LogP contribution in [0.5, 0.6) is 0 Å². The summed E-state index contributed by atoms with van der Waals surface area (Å²) >= 11 is 0. The zero-order valence-corrected chi connectivity index (χ0v) is 28.7. The van der Waals surface area contributed by atoms with Crippen molar-refractivity contribution in [3.63, 3.8) is 0 Å². The summed E-state index contributed by atoms with van der Waals surface area (Å²) in [5.41, 5.74) is 12.9. The number of hydrogen-bond acceptors (Lipinski definition) is 2. The molecular formula is C50H31N3. The molecule has 0 fully saturated rings. The van der Waals surface area contributed by atoms with Crippen LogP contribution in [0.25, 0.3) is 104 Å². The summed E-state index contributed by atoms with van der Waals surface area (Å²) in [6.07, 6.45) is 7.47. The lowest BCUT2D eigenvalue weighted by Gasteiger charge is -2.19. The van der Waals surface area contributed by atoms with Gasteiger partial charge < -0.3 is 4.57 Å². The van der Waals surface area contributed by atoms with Gasteiger partial charge in [-0.05, 0) is 150 Å². The van der Waals surface area contributed by atoms with Gasteiger partial charge in [0, 0.05) is 41.2 Å². The van der Waals surface area contributed by atoms with Gasteiger partial charge in [-0.1, -0.05) is 91.0 Å². The molecule has 0 amide bonds. The van der Waals surface area contributed by atoms with E-state index in [9.17, 15) is 0 Å². The van der Waals surface area contributed by atoms with Crippen molar-refractivity contribution in [3.05, 3.63) is 189 Å². The second kappa shape index (κ2) is 11.7. The second-order valence-corrected chi connectivity index (χ2v) is 13.8. The second-order valence-electron chi connectivity index (χ2n) is 13.8. The van der Waals surface area contributed by atoms with Gasteiger partial charge in [0.1, 0.15) is 0 Å². The maximum Gasteiger partial charge on any atom is 0.0541 e. The molecule has 53 heavy (non-hydrogen) atoms. The molecule has 0 aliphatic carbocycles. The van der Waals surface area contributed by atoms with Crippen molar-refractivity contribution in [3.8, 4) is 50.2 Å². The molecule has 0 spiro atoms. The van der Waals surface area contributed by atoms with Crippen LogP contribution in [-0.4, -0.2) is 14.5 Å². The van der Waals surface area contributed by atoms with E-state index < -0.39 is 0 Å². The minimum absolute atomic E-state index is 1.13. The molecule has 0 aliphatic heterocycles. The molecule has 0 atom stereocenters. The minimum atomic E-state index is 1.13. The van der Waals surface area contributed by atoms with Gasteiger partial charge in [-0.2, -0.15) is 0 Å². The number of aromatic nitrogens is 3. The number of fused-ring (bicyclic) bond motifs is 3. The third-order valence-corrected chi connectivity index (χ3v) is 10.9. The topological polar surface area (TPSA) is 30.7 Å². The highest BCUT2D eigenvalue weighted by Gasteiger charge is 2.19. The number of pyridine rings is 2. The SMILES string of the molecule is c1cc(-c2cc(-c3cc(-c4ccncc4)cc(-c4ccncc4)c3)c3ccc4cccc5ccc2c3c45)cc(-n2c3ccccc3c3ccccc32)c1. The Kier molecular flexibility index (Phi) is 6.55. The molecule has 3 heteroatoms. The normalized spacial score (nSPS) is 11.8. The first kappa shape index (κ1) is 29.6. The van der Waals surface area contributed by atoms with Crippen LogP contribution in [0.1, 0.15) is 0 Å². The molecule has 0 N–H and O–H groups in total. The monoisotopic (exact) mass is 673 g/mol. The molecule has 0 bridgehead atoms. The van der Waals surface area contributed by atoms with Crippen LogP contribution in [0.15, 0.2) is 189 Å². The van der Waals surface area contributed by atoms with E-state index in [0.717, 1.165) is 27.9 Å². The van der Waals surface area contributed by atoms with Crippen LogP contribution >= 0.6 is 0 Å². The molecule has 0 radical (unpaired) electrons. The van der Waals surface area contributed by atoms with Crippen molar-refractivity contribution < 1.29 is 0 Å². The van der Waals surface area contributed by atoms with Gasteiger partial charge >= 0.3 is 0 Å². The zero-order valence-electron chi connectivity index (χ0n) is 28.7. The lowest BCUT2D eigenvalue weighted by molar-refractivity contribution is 1.18. The predicted octanol–water partition coefficient (Wildman–Crippen LogP) is 13.1. The molecule has 11 aromatic rings. The van der Waals surface area contributed by atoms with E-state index in [-0.39, 0.29) is 0 Å². The van der Waals surface area contributed by atoms with Gasteiger partial charge in [-0.3, -0.25) is 9.97 Å². The Morgan fingerprint density at radius 1 is 0.321 bits per heavy atom. The summed E-state index contributed by atoms with van der Waals surface area (Å²) in [4.78, 5) is 8.63. The van der Waals surface area contributed by atoms with Gasteiger partial charge in [-0.15, -0.1) is 0 Å². The quantitative estimate of drug-likeness (QED) is 0.170. The number of para-hydroxylation sites is 2. The summed E-state index contributed by atoms with van der Waals surface area (Å²) < 4.78 is 2.41. The van der Waals surface area contributed by atoms with Crippen LogP contribution in [0.4, 0.5) is 0 Å². The zero-order chi connectivity index (χ0) is 34.9. The highest BCUT2D eigenvalue weighted by atomic mass is 15.0. The number of benzene rings is 8. The van der Waals surface area contributed by atoms with Crippen molar-refractivity contribution in [2.75, 3.05) is 0 Å². The molecule has 0 saturated heterocycles. The van der Waals surface area contributed by atoms with E-state index in [1.807, 2.05) is 24.8 Å². The Morgan fingerprint density at radius 3 is 1.45 bits per heavy atom. The summed E-state index contributed by atoms with van der Waals surface area (Å²) in [7, 11) is 0. The fourth-order valence-electron chi connectivity index (χ4n) is 8.53. The van der Waals surface area contributed by atoms with Crippen molar-refractivity contribution >= 4 is 54.1 Å². The van der Waals surface area contributed by atoms with Crippen molar-refractivity contribution in [1.29, 1.82) is 0 Å². The average molecular weight is 674 g/mol. The Morgan fingerprint density at radius 2 is 0.849 bits per heavy atom. The molecule has 3 aromatic heterocycles. The predicted molar refractivity (Wildman–Crippen MR) is 222 cm³/mol. The Hall–Kier alpha value is -7.10. The van der Waals surface area contributed by atoms with Gasteiger partial charge in [0.05, 0.1) is 11.0 Å². The molecule has 0 saturated carbocycles. The van der Waals surface area contributed by atoms with Gasteiger partial charge in [0.25, 0.3) is 0 Å². The molecule has 0 aliphatic rings. The summed E-state index contributed by atoms with van der Waals surface area (Å²) in [6, 6.07) is 60.1. The highest BCUT2D eigenvalue weighted by Crippen LogP contribution is 2.46. The molecule has 3 heterocycles. The van der Waals surface area contributed by atoms with E-state index in [0.29, 0.717) is 0 Å². The number of nitrogens with zero attached hydrogens (tertiary/aromatic N) is 3. The smallest absolute Gasteiger partial charge is 0.0541 e. The third-order valence-electron chi connectivity index (χ3n) is 10.9. The van der Waals surface area contributed by atoms with Gasteiger partial charge in [-0.25, -0.2) is 0 Å². The maximum atomic E-state index is 4.31. The van der Waals surface area contributed by atoms with E-state index in [1.54, 1.807) is 0 Å². The molecule has 246 valence electrons. The summed E-state index contributed by atoms with van der Waals surface area (Å²) in [6.45, 7) is 0. The minimum Gasteiger partial charge on any atom is -0.309 e. The molecule has 11 rings (SSSR count). The summed E-state index contributed by atoms with van der Waals surface area (Å²) in [5.74, 6) is 0. The van der Waals surface area contributed by atoms with Crippen LogP contribution in [0.3, 0.4) is 0 Å². The first-order valence-corrected chi connectivity index (χ1v) is 18.0. The van der Waals surface area contributed by atoms with Crippen LogP contribution in [0, 0.1) is 0 Å². The molecule has 3 nitrogen and oxygen atoms in total. The largest absolute Gasteiger partial charge is 0.309 e. The van der Waals surface area contributed by atoms with E-state index in [1.165, 1.54) is 76.4 Å². The standard InChI is InChI=1S/C50H31N3/c1-3-13-47-41(11-1)42-12-2-4-14-48(42)53(47)40-10-6-9-36(30-40)45-31-46(44-18-16-35-8-5-7-34-15-17-43(45)50(44)49(34)35)39-28-37(32-19-23-51-24-20-32)27-38(29-39)33-21-25-52-26-22-33/h1-31H. The Labute approximate surface area is 306 Å². The lowest BCUT2D eigenvalue weighted by Crippen LogP contribution is -1.95. The van der Waals surface area contributed by atoms with E-state index in [2.05, 4.69) is 178 Å². The van der Waals surface area contributed by atoms with E-state index >= 15 is 0 Å².